The van der Waals surface area contributed by atoms with E-state index < -0.39 is 0 Å². The standard InChI is InChI=1S/C14H23N5O2/c1-5-8-9-19-11-10(12(20)17(4)14(19)21)18(7-3)13(16-11)15-6-2/h5-9H2,1-4H3,(H,15,16). The van der Waals surface area contributed by atoms with Crippen molar-refractivity contribution in [2.45, 2.75) is 46.7 Å². The minimum absolute atomic E-state index is 0.291. The first-order chi connectivity index (χ1) is 10.1. The number of fused-ring (bicyclic) bond motifs is 1. The summed E-state index contributed by atoms with van der Waals surface area (Å²) in [6, 6.07) is 0. The molecule has 0 atom stereocenters. The van der Waals surface area contributed by atoms with E-state index in [0.717, 1.165) is 12.8 Å². The van der Waals surface area contributed by atoms with Gasteiger partial charge in [-0.05, 0) is 20.3 Å². The fourth-order valence-electron chi connectivity index (χ4n) is 2.48. The van der Waals surface area contributed by atoms with Crippen LogP contribution in [0.15, 0.2) is 9.59 Å². The van der Waals surface area contributed by atoms with Gasteiger partial charge >= 0.3 is 5.69 Å². The highest BCUT2D eigenvalue weighted by Crippen LogP contribution is 2.16. The van der Waals surface area contributed by atoms with Gasteiger partial charge in [0.15, 0.2) is 11.2 Å². The molecule has 2 heterocycles. The zero-order valence-electron chi connectivity index (χ0n) is 13.1. The minimum atomic E-state index is -0.301. The van der Waals surface area contributed by atoms with Gasteiger partial charge in [-0.25, -0.2) is 4.79 Å². The summed E-state index contributed by atoms with van der Waals surface area (Å²) in [5, 5.41) is 3.15. The Morgan fingerprint density at radius 3 is 2.43 bits per heavy atom. The molecule has 0 spiro atoms. The first-order valence-corrected chi connectivity index (χ1v) is 7.50. The van der Waals surface area contributed by atoms with Crippen LogP contribution >= 0.6 is 0 Å². The summed E-state index contributed by atoms with van der Waals surface area (Å²) >= 11 is 0. The molecule has 0 radical (unpaired) electrons. The van der Waals surface area contributed by atoms with E-state index in [-0.39, 0.29) is 11.2 Å². The van der Waals surface area contributed by atoms with Gasteiger partial charge in [0.1, 0.15) is 0 Å². The molecule has 0 saturated heterocycles. The summed E-state index contributed by atoms with van der Waals surface area (Å²) in [5.41, 5.74) is 0.381. The number of aryl methyl sites for hydroxylation is 2. The molecule has 116 valence electrons. The second-order valence-corrected chi connectivity index (χ2v) is 5.03. The molecule has 7 heteroatoms. The second kappa shape index (κ2) is 6.15. The Kier molecular flexibility index (Phi) is 4.50. The Balaban J connectivity index is 2.84. The molecule has 0 bridgehead atoms. The Morgan fingerprint density at radius 1 is 1.14 bits per heavy atom. The summed E-state index contributed by atoms with van der Waals surface area (Å²) < 4.78 is 4.61. The van der Waals surface area contributed by atoms with E-state index in [9.17, 15) is 9.59 Å². The first-order valence-electron chi connectivity index (χ1n) is 7.50. The van der Waals surface area contributed by atoms with Crippen molar-refractivity contribution in [3.63, 3.8) is 0 Å². The van der Waals surface area contributed by atoms with E-state index in [1.807, 2.05) is 18.4 Å². The van der Waals surface area contributed by atoms with Crippen molar-refractivity contribution >= 4 is 17.1 Å². The van der Waals surface area contributed by atoms with Gasteiger partial charge in [0.2, 0.25) is 5.95 Å². The van der Waals surface area contributed by atoms with Gasteiger partial charge in [0.25, 0.3) is 5.56 Å². The number of nitrogens with zero attached hydrogens (tertiary/aromatic N) is 4. The van der Waals surface area contributed by atoms with Crippen molar-refractivity contribution in [3.8, 4) is 0 Å². The smallest absolute Gasteiger partial charge is 0.332 e. The van der Waals surface area contributed by atoms with E-state index >= 15 is 0 Å². The Labute approximate surface area is 123 Å². The largest absolute Gasteiger partial charge is 0.356 e. The van der Waals surface area contributed by atoms with Crippen molar-refractivity contribution in [3.05, 3.63) is 20.8 Å². The van der Waals surface area contributed by atoms with E-state index in [1.54, 1.807) is 4.57 Å². The molecule has 0 aliphatic rings. The fourth-order valence-corrected chi connectivity index (χ4v) is 2.48. The summed E-state index contributed by atoms with van der Waals surface area (Å²) in [6.07, 6.45) is 1.86. The fraction of sp³-hybridized carbons (Fsp3) is 0.643. The predicted octanol–water partition coefficient (Wildman–Crippen LogP) is 1.15. The van der Waals surface area contributed by atoms with E-state index in [1.165, 1.54) is 11.6 Å². The van der Waals surface area contributed by atoms with Crippen LogP contribution in [0.1, 0.15) is 33.6 Å². The van der Waals surface area contributed by atoms with Crippen LogP contribution in [0, 0.1) is 0 Å². The lowest BCUT2D eigenvalue weighted by Gasteiger charge is -2.09. The highest BCUT2D eigenvalue weighted by molar-refractivity contribution is 5.74. The number of aromatic nitrogens is 4. The molecule has 1 N–H and O–H groups in total. The van der Waals surface area contributed by atoms with Gasteiger partial charge in [-0.2, -0.15) is 4.98 Å². The molecule has 2 aromatic rings. The average Bonchev–Trinajstić information content (AvgIpc) is 2.83. The van der Waals surface area contributed by atoms with Crippen LogP contribution in [0.5, 0.6) is 0 Å². The lowest BCUT2D eigenvalue weighted by atomic mass is 10.3. The maximum absolute atomic E-state index is 12.4. The van der Waals surface area contributed by atoms with Crippen LogP contribution in [0.2, 0.25) is 0 Å². The van der Waals surface area contributed by atoms with Crippen LogP contribution < -0.4 is 16.6 Å². The molecule has 0 aliphatic carbocycles. The monoisotopic (exact) mass is 293 g/mol. The van der Waals surface area contributed by atoms with Crippen molar-refractivity contribution in [2.75, 3.05) is 11.9 Å². The molecule has 0 aromatic carbocycles. The summed E-state index contributed by atoms with van der Waals surface area (Å²) in [6.45, 7) is 7.92. The van der Waals surface area contributed by atoms with Gasteiger partial charge in [-0.3, -0.25) is 13.9 Å². The highest BCUT2D eigenvalue weighted by atomic mass is 16.2. The number of anilines is 1. The second-order valence-electron chi connectivity index (χ2n) is 5.03. The molecular weight excluding hydrogens is 270 g/mol. The summed E-state index contributed by atoms with van der Waals surface area (Å²) in [7, 11) is 1.52. The Bertz CT molecular complexity index is 753. The normalized spacial score (nSPS) is 11.2. The zero-order valence-corrected chi connectivity index (χ0v) is 13.1. The Morgan fingerprint density at radius 2 is 1.86 bits per heavy atom. The predicted molar refractivity (Wildman–Crippen MR) is 84.0 cm³/mol. The molecule has 0 aliphatic heterocycles. The SMILES string of the molecule is CCCCn1c(=O)n(C)c(=O)c2c1nc(NCC)n2CC. The van der Waals surface area contributed by atoms with Crippen LogP contribution in [0.3, 0.4) is 0 Å². The third-order valence-electron chi connectivity index (χ3n) is 3.62. The summed E-state index contributed by atoms with van der Waals surface area (Å²) in [5.74, 6) is 0.642. The number of hydrogen-bond donors (Lipinski definition) is 1. The maximum atomic E-state index is 12.4. The van der Waals surface area contributed by atoms with Crippen molar-refractivity contribution < 1.29 is 0 Å². The third kappa shape index (κ3) is 2.48. The van der Waals surface area contributed by atoms with Crippen LogP contribution in [-0.4, -0.2) is 25.2 Å². The van der Waals surface area contributed by atoms with Gasteiger partial charge in [-0.15, -0.1) is 0 Å². The van der Waals surface area contributed by atoms with Crippen LogP contribution in [-0.2, 0) is 20.1 Å². The molecule has 2 aromatic heterocycles. The number of nitrogens with one attached hydrogen (secondary N) is 1. The molecule has 0 unspecified atom stereocenters. The lowest BCUT2D eigenvalue weighted by Crippen LogP contribution is -2.38. The van der Waals surface area contributed by atoms with Gasteiger partial charge in [-0.1, -0.05) is 13.3 Å². The van der Waals surface area contributed by atoms with Crippen LogP contribution in [0.4, 0.5) is 5.95 Å². The molecule has 0 fully saturated rings. The van der Waals surface area contributed by atoms with Crippen molar-refractivity contribution in [1.29, 1.82) is 0 Å². The topological polar surface area (TPSA) is 73.8 Å². The molecule has 2 rings (SSSR count). The molecule has 0 amide bonds. The van der Waals surface area contributed by atoms with Crippen LogP contribution in [0.25, 0.3) is 11.2 Å². The molecule has 7 nitrogen and oxygen atoms in total. The van der Waals surface area contributed by atoms with Gasteiger partial charge in [0, 0.05) is 26.7 Å². The highest BCUT2D eigenvalue weighted by Gasteiger charge is 2.19. The van der Waals surface area contributed by atoms with E-state index in [0.29, 0.717) is 36.7 Å². The molecule has 0 saturated carbocycles. The van der Waals surface area contributed by atoms with Crippen molar-refractivity contribution in [2.24, 2.45) is 7.05 Å². The number of rotatable bonds is 6. The molecule has 21 heavy (non-hydrogen) atoms. The lowest BCUT2D eigenvalue weighted by molar-refractivity contribution is 0.583. The van der Waals surface area contributed by atoms with Gasteiger partial charge in [0.05, 0.1) is 0 Å². The molecular formula is C14H23N5O2. The quantitative estimate of drug-likeness (QED) is 0.867. The van der Waals surface area contributed by atoms with Gasteiger partial charge < -0.3 is 9.88 Å². The average molecular weight is 293 g/mol. The van der Waals surface area contributed by atoms with Crippen molar-refractivity contribution in [1.82, 2.24) is 18.7 Å². The number of hydrogen-bond acceptors (Lipinski definition) is 4. The maximum Gasteiger partial charge on any atom is 0.332 e. The van der Waals surface area contributed by atoms with E-state index in [2.05, 4.69) is 17.2 Å². The minimum Gasteiger partial charge on any atom is -0.356 e. The number of imidazole rings is 1. The number of unbranched alkanes of at least 4 members (excludes halogenated alkanes) is 1. The Hall–Kier alpha value is -2.05. The zero-order chi connectivity index (χ0) is 15.6. The summed E-state index contributed by atoms with van der Waals surface area (Å²) in [4.78, 5) is 29.3. The first kappa shape index (κ1) is 15.3. The van der Waals surface area contributed by atoms with E-state index in [4.69, 9.17) is 0 Å². The third-order valence-corrected chi connectivity index (χ3v) is 3.62.